The Hall–Kier alpha value is -1.42. The van der Waals surface area contributed by atoms with Crippen LogP contribution >= 0.6 is 15.9 Å². The number of hydrogen-bond acceptors (Lipinski definition) is 2. The zero-order valence-corrected chi connectivity index (χ0v) is 13.9. The van der Waals surface area contributed by atoms with E-state index in [2.05, 4.69) is 33.2 Å². The molecule has 1 amide bonds. The molecule has 1 aromatic carbocycles. The van der Waals surface area contributed by atoms with Crippen molar-refractivity contribution >= 4 is 38.4 Å². The Balaban J connectivity index is 1.95. The van der Waals surface area contributed by atoms with Gasteiger partial charge in [0.2, 0.25) is 5.91 Å². The number of fused-ring (bicyclic) bond motifs is 1. The number of halogens is 1. The zero-order valence-electron chi connectivity index (χ0n) is 12.4. The molecule has 2 aromatic rings. The molecule has 0 saturated carbocycles. The van der Waals surface area contributed by atoms with Crippen LogP contribution in [0.2, 0.25) is 0 Å². The van der Waals surface area contributed by atoms with Crippen molar-refractivity contribution in [3.63, 3.8) is 0 Å². The van der Waals surface area contributed by atoms with Gasteiger partial charge in [0.25, 0.3) is 0 Å². The van der Waals surface area contributed by atoms with Crippen molar-refractivity contribution in [1.29, 1.82) is 0 Å². The lowest BCUT2D eigenvalue weighted by atomic mass is 10.1. The van der Waals surface area contributed by atoms with Crippen LogP contribution in [-0.2, 0) is 4.79 Å². The molecule has 4 heteroatoms. The molecule has 0 unspecified atom stereocenters. The monoisotopic (exact) mass is 348 g/mol. The fourth-order valence-electron chi connectivity index (χ4n) is 2.34. The predicted molar refractivity (Wildman–Crippen MR) is 91.4 cm³/mol. The minimum Gasteiger partial charge on any atom is -0.324 e. The average molecular weight is 349 g/mol. The largest absolute Gasteiger partial charge is 0.324 e. The number of aromatic nitrogens is 1. The number of anilines is 1. The molecule has 0 saturated heterocycles. The molecule has 1 N–H and O–H groups in total. The van der Waals surface area contributed by atoms with Crippen LogP contribution in [0.25, 0.3) is 10.9 Å². The number of unbranched alkanes of at least 4 members (excludes halogenated alkanes) is 4. The number of nitrogens with one attached hydrogen (secondary N) is 1. The maximum Gasteiger partial charge on any atom is 0.224 e. The number of nitrogens with zero attached hydrogens (tertiary/aromatic N) is 1. The van der Waals surface area contributed by atoms with Crippen LogP contribution in [0, 0.1) is 0 Å². The Morgan fingerprint density at radius 2 is 2.05 bits per heavy atom. The molecule has 0 spiro atoms. The molecule has 0 fully saturated rings. The number of rotatable bonds is 7. The summed E-state index contributed by atoms with van der Waals surface area (Å²) < 4.78 is 0.939. The molecular formula is C17H21BrN2O. The van der Waals surface area contributed by atoms with E-state index in [1.54, 1.807) is 6.20 Å². The van der Waals surface area contributed by atoms with Crippen LogP contribution in [-0.4, -0.2) is 10.9 Å². The van der Waals surface area contributed by atoms with E-state index in [-0.39, 0.29) is 5.91 Å². The maximum atomic E-state index is 12.0. The number of amides is 1. The number of benzene rings is 1. The highest BCUT2D eigenvalue weighted by molar-refractivity contribution is 9.10. The highest BCUT2D eigenvalue weighted by Gasteiger charge is 2.07. The van der Waals surface area contributed by atoms with E-state index in [9.17, 15) is 4.79 Å². The Kier molecular flexibility index (Phi) is 6.18. The van der Waals surface area contributed by atoms with Crippen molar-refractivity contribution in [3.8, 4) is 0 Å². The lowest BCUT2D eigenvalue weighted by Gasteiger charge is -2.08. The van der Waals surface area contributed by atoms with Gasteiger partial charge in [-0.25, -0.2) is 0 Å². The van der Waals surface area contributed by atoms with E-state index in [1.165, 1.54) is 19.3 Å². The Morgan fingerprint density at radius 3 is 2.86 bits per heavy atom. The van der Waals surface area contributed by atoms with Gasteiger partial charge in [-0.2, -0.15) is 0 Å². The second kappa shape index (κ2) is 8.13. The molecule has 0 aliphatic heterocycles. The lowest BCUT2D eigenvalue weighted by Crippen LogP contribution is -2.11. The first-order valence-electron chi connectivity index (χ1n) is 7.55. The molecule has 0 atom stereocenters. The van der Waals surface area contributed by atoms with Gasteiger partial charge in [-0.05, 0) is 34.5 Å². The summed E-state index contributed by atoms with van der Waals surface area (Å²) in [5, 5.41) is 4.00. The van der Waals surface area contributed by atoms with Gasteiger partial charge in [-0.15, -0.1) is 0 Å². The number of pyridine rings is 1. The van der Waals surface area contributed by atoms with Gasteiger partial charge in [-0.3, -0.25) is 9.78 Å². The van der Waals surface area contributed by atoms with Gasteiger partial charge in [0.05, 0.1) is 11.2 Å². The topological polar surface area (TPSA) is 42.0 Å². The zero-order chi connectivity index (χ0) is 15.1. The first kappa shape index (κ1) is 16.0. The number of para-hydroxylation sites is 1. The van der Waals surface area contributed by atoms with Gasteiger partial charge in [0, 0.05) is 22.5 Å². The van der Waals surface area contributed by atoms with Crippen LogP contribution in [0.15, 0.2) is 34.9 Å². The molecule has 1 heterocycles. The minimum absolute atomic E-state index is 0.0729. The van der Waals surface area contributed by atoms with E-state index in [1.807, 2.05) is 24.3 Å². The number of carbonyl (C=O) groups excluding carboxylic acids is 1. The summed E-state index contributed by atoms with van der Waals surface area (Å²) in [6.45, 7) is 2.19. The lowest BCUT2D eigenvalue weighted by molar-refractivity contribution is -0.116. The smallest absolute Gasteiger partial charge is 0.224 e. The molecule has 3 nitrogen and oxygen atoms in total. The van der Waals surface area contributed by atoms with Crippen LogP contribution in [0.5, 0.6) is 0 Å². The SMILES string of the molecule is CCCCCCCC(=O)Nc1cccc2cc(Br)cnc12. The van der Waals surface area contributed by atoms with Crippen molar-refractivity contribution in [3.05, 3.63) is 34.9 Å². The molecule has 1 aromatic heterocycles. The first-order valence-corrected chi connectivity index (χ1v) is 8.34. The fraction of sp³-hybridized carbons (Fsp3) is 0.412. The summed E-state index contributed by atoms with van der Waals surface area (Å²) in [4.78, 5) is 16.4. The molecule has 2 rings (SSSR count). The quantitative estimate of drug-likeness (QED) is 0.690. The van der Waals surface area contributed by atoms with Crippen molar-refractivity contribution in [2.45, 2.75) is 45.4 Å². The molecule has 0 aliphatic rings. The second-order valence-corrected chi connectivity index (χ2v) is 6.16. The Labute approximate surface area is 134 Å². The van der Waals surface area contributed by atoms with Crippen LogP contribution in [0.1, 0.15) is 45.4 Å². The van der Waals surface area contributed by atoms with E-state index in [4.69, 9.17) is 0 Å². The molecule has 0 aliphatic carbocycles. The van der Waals surface area contributed by atoms with E-state index in [0.29, 0.717) is 6.42 Å². The molecule has 21 heavy (non-hydrogen) atoms. The summed E-state index contributed by atoms with van der Waals surface area (Å²) in [7, 11) is 0. The van der Waals surface area contributed by atoms with Crippen molar-refractivity contribution in [1.82, 2.24) is 4.98 Å². The number of hydrogen-bond donors (Lipinski definition) is 1. The summed E-state index contributed by atoms with van der Waals surface area (Å²) in [6, 6.07) is 7.84. The molecule has 112 valence electrons. The van der Waals surface area contributed by atoms with Crippen molar-refractivity contribution in [2.24, 2.45) is 0 Å². The van der Waals surface area contributed by atoms with Crippen LogP contribution in [0.3, 0.4) is 0 Å². The summed E-state index contributed by atoms with van der Waals surface area (Å²) in [5.74, 6) is 0.0729. The van der Waals surface area contributed by atoms with Crippen LogP contribution in [0.4, 0.5) is 5.69 Å². The highest BCUT2D eigenvalue weighted by Crippen LogP contribution is 2.24. The third-order valence-corrected chi connectivity index (χ3v) is 3.89. The summed E-state index contributed by atoms with van der Waals surface area (Å²) in [6.07, 6.45) is 8.11. The molecule has 0 radical (unpaired) electrons. The normalized spacial score (nSPS) is 10.8. The summed E-state index contributed by atoms with van der Waals surface area (Å²) >= 11 is 3.41. The maximum absolute atomic E-state index is 12.0. The van der Waals surface area contributed by atoms with Gasteiger partial charge in [0.1, 0.15) is 0 Å². The van der Waals surface area contributed by atoms with Crippen molar-refractivity contribution < 1.29 is 4.79 Å². The third kappa shape index (κ3) is 4.81. The highest BCUT2D eigenvalue weighted by atomic mass is 79.9. The standard InChI is InChI=1S/C17H21BrN2O/c1-2-3-4-5-6-10-16(21)20-15-9-7-8-13-11-14(18)12-19-17(13)15/h7-9,11-12H,2-6,10H2,1H3,(H,20,21). The minimum atomic E-state index is 0.0729. The average Bonchev–Trinajstić information content (AvgIpc) is 2.47. The first-order chi connectivity index (χ1) is 10.2. The van der Waals surface area contributed by atoms with E-state index in [0.717, 1.165) is 33.9 Å². The van der Waals surface area contributed by atoms with E-state index >= 15 is 0 Å². The van der Waals surface area contributed by atoms with E-state index < -0.39 is 0 Å². The van der Waals surface area contributed by atoms with Gasteiger partial charge < -0.3 is 5.32 Å². The summed E-state index contributed by atoms with van der Waals surface area (Å²) in [5.41, 5.74) is 1.62. The van der Waals surface area contributed by atoms with Crippen molar-refractivity contribution in [2.75, 3.05) is 5.32 Å². The number of carbonyl (C=O) groups is 1. The third-order valence-electron chi connectivity index (χ3n) is 3.46. The predicted octanol–water partition coefficient (Wildman–Crippen LogP) is 5.30. The Morgan fingerprint density at radius 1 is 1.24 bits per heavy atom. The fourth-order valence-corrected chi connectivity index (χ4v) is 2.69. The second-order valence-electron chi connectivity index (χ2n) is 5.24. The molecular weight excluding hydrogens is 328 g/mol. The van der Waals surface area contributed by atoms with Gasteiger partial charge in [-0.1, -0.05) is 44.7 Å². The van der Waals surface area contributed by atoms with Crippen LogP contribution < -0.4 is 5.32 Å². The Bertz CT molecular complexity index is 613. The molecule has 0 bridgehead atoms. The van der Waals surface area contributed by atoms with Gasteiger partial charge >= 0.3 is 0 Å². The van der Waals surface area contributed by atoms with Gasteiger partial charge in [0.15, 0.2) is 0 Å².